The first-order chi connectivity index (χ1) is 9.30. The van der Waals surface area contributed by atoms with Crippen LogP contribution in [-0.4, -0.2) is 20.8 Å². The summed E-state index contributed by atoms with van der Waals surface area (Å²) in [6.07, 6.45) is 0. The molecule has 0 aliphatic rings. The molecule has 4 heteroatoms. The molecule has 0 aliphatic heterocycles. The Morgan fingerprint density at radius 1 is 1.11 bits per heavy atom. The highest BCUT2D eigenvalue weighted by Gasteiger charge is 2.15. The number of thiophene rings is 1. The van der Waals surface area contributed by atoms with Gasteiger partial charge in [0, 0.05) is 0 Å². The molecule has 0 aliphatic carbocycles. The molecule has 1 N–H and O–H groups in total. The number of nitrogens with one attached hydrogen (secondary N) is 1. The Morgan fingerprint density at radius 2 is 1.89 bits per heavy atom. The topological polar surface area (TPSA) is 30.5 Å². The van der Waals surface area contributed by atoms with Gasteiger partial charge in [-0.05, 0) is 46.6 Å². The Bertz CT molecular complexity index is 511. The van der Waals surface area contributed by atoms with Gasteiger partial charge in [-0.3, -0.25) is 0 Å². The van der Waals surface area contributed by atoms with E-state index in [0.717, 1.165) is 18.0 Å². The third-order valence-electron chi connectivity index (χ3n) is 3.03. The van der Waals surface area contributed by atoms with Crippen LogP contribution in [0, 0.1) is 0 Å². The van der Waals surface area contributed by atoms with Crippen molar-refractivity contribution in [2.24, 2.45) is 0 Å². The van der Waals surface area contributed by atoms with Crippen LogP contribution in [0.5, 0.6) is 11.5 Å². The summed E-state index contributed by atoms with van der Waals surface area (Å²) in [5.41, 5.74) is 2.46. The summed E-state index contributed by atoms with van der Waals surface area (Å²) in [4.78, 5) is 0. The standard InChI is InChI=1S/C15H19NO2S/c1-4-16-15(12-7-8-19-10-12)11-5-6-13(17-2)14(9-11)18-3/h5-10,15-16H,4H2,1-3H3. The molecule has 0 saturated heterocycles. The molecule has 0 radical (unpaired) electrons. The van der Waals surface area contributed by atoms with Crippen molar-refractivity contribution in [2.75, 3.05) is 20.8 Å². The molecular weight excluding hydrogens is 258 g/mol. The molecule has 1 heterocycles. The maximum absolute atomic E-state index is 5.37. The zero-order valence-corrected chi connectivity index (χ0v) is 12.3. The molecule has 3 nitrogen and oxygen atoms in total. The van der Waals surface area contributed by atoms with Crippen molar-refractivity contribution in [1.29, 1.82) is 0 Å². The van der Waals surface area contributed by atoms with E-state index in [4.69, 9.17) is 9.47 Å². The highest BCUT2D eigenvalue weighted by Crippen LogP contribution is 2.32. The lowest BCUT2D eigenvalue weighted by Crippen LogP contribution is -2.21. The number of methoxy groups -OCH3 is 2. The molecule has 1 aromatic carbocycles. The van der Waals surface area contributed by atoms with Crippen LogP contribution >= 0.6 is 11.3 Å². The Kier molecular flexibility index (Phi) is 4.82. The third kappa shape index (κ3) is 3.08. The van der Waals surface area contributed by atoms with E-state index in [1.54, 1.807) is 25.6 Å². The van der Waals surface area contributed by atoms with Crippen LogP contribution in [0.3, 0.4) is 0 Å². The first-order valence-electron chi connectivity index (χ1n) is 6.27. The van der Waals surface area contributed by atoms with Crippen molar-refractivity contribution in [2.45, 2.75) is 13.0 Å². The van der Waals surface area contributed by atoms with Crippen molar-refractivity contribution in [1.82, 2.24) is 5.32 Å². The van der Waals surface area contributed by atoms with Crippen LogP contribution in [0.2, 0.25) is 0 Å². The van der Waals surface area contributed by atoms with E-state index in [1.807, 2.05) is 12.1 Å². The molecule has 0 amide bonds. The lowest BCUT2D eigenvalue weighted by molar-refractivity contribution is 0.354. The Hall–Kier alpha value is -1.52. The fourth-order valence-electron chi connectivity index (χ4n) is 2.10. The van der Waals surface area contributed by atoms with Crippen molar-refractivity contribution in [3.8, 4) is 11.5 Å². The van der Waals surface area contributed by atoms with Crippen LogP contribution in [0.25, 0.3) is 0 Å². The van der Waals surface area contributed by atoms with Gasteiger partial charge < -0.3 is 14.8 Å². The monoisotopic (exact) mass is 277 g/mol. The average molecular weight is 277 g/mol. The number of rotatable bonds is 6. The molecule has 1 atom stereocenters. The quantitative estimate of drug-likeness (QED) is 0.877. The van der Waals surface area contributed by atoms with Gasteiger partial charge in [0.05, 0.1) is 20.3 Å². The molecule has 19 heavy (non-hydrogen) atoms. The Balaban J connectivity index is 2.37. The minimum absolute atomic E-state index is 0.191. The highest BCUT2D eigenvalue weighted by molar-refractivity contribution is 7.08. The Labute approximate surface area is 118 Å². The molecule has 2 rings (SSSR count). The van der Waals surface area contributed by atoms with Crippen LogP contribution in [0.4, 0.5) is 0 Å². The van der Waals surface area contributed by atoms with Crippen LogP contribution in [-0.2, 0) is 0 Å². The second kappa shape index (κ2) is 6.59. The van der Waals surface area contributed by atoms with Crippen molar-refractivity contribution < 1.29 is 9.47 Å². The third-order valence-corrected chi connectivity index (χ3v) is 3.73. The van der Waals surface area contributed by atoms with Gasteiger partial charge >= 0.3 is 0 Å². The van der Waals surface area contributed by atoms with Gasteiger partial charge in [0.25, 0.3) is 0 Å². The maximum atomic E-state index is 5.37. The van der Waals surface area contributed by atoms with E-state index in [1.165, 1.54) is 11.1 Å². The molecule has 102 valence electrons. The Morgan fingerprint density at radius 3 is 2.47 bits per heavy atom. The number of benzene rings is 1. The highest BCUT2D eigenvalue weighted by atomic mass is 32.1. The van der Waals surface area contributed by atoms with Crippen molar-refractivity contribution in [3.05, 3.63) is 46.2 Å². The molecular formula is C15H19NO2S. The summed E-state index contributed by atoms with van der Waals surface area (Å²) in [7, 11) is 3.31. The van der Waals surface area contributed by atoms with Gasteiger partial charge in [-0.2, -0.15) is 11.3 Å². The molecule has 0 fully saturated rings. The van der Waals surface area contributed by atoms with Crippen LogP contribution in [0.15, 0.2) is 35.0 Å². The molecule has 0 saturated carbocycles. The number of ether oxygens (including phenoxy) is 2. The van der Waals surface area contributed by atoms with E-state index in [-0.39, 0.29) is 6.04 Å². The normalized spacial score (nSPS) is 12.2. The summed E-state index contributed by atoms with van der Waals surface area (Å²) in [6.45, 7) is 3.02. The fraction of sp³-hybridized carbons (Fsp3) is 0.333. The van der Waals surface area contributed by atoms with Crippen molar-refractivity contribution in [3.63, 3.8) is 0 Å². The molecule has 0 spiro atoms. The molecule has 0 bridgehead atoms. The number of hydrogen-bond donors (Lipinski definition) is 1. The minimum Gasteiger partial charge on any atom is -0.493 e. The predicted molar refractivity (Wildman–Crippen MR) is 79.4 cm³/mol. The van der Waals surface area contributed by atoms with Crippen molar-refractivity contribution >= 4 is 11.3 Å². The fourth-order valence-corrected chi connectivity index (χ4v) is 2.79. The predicted octanol–water partition coefficient (Wildman–Crippen LogP) is 3.46. The number of hydrogen-bond acceptors (Lipinski definition) is 4. The average Bonchev–Trinajstić information content (AvgIpc) is 2.98. The van der Waals surface area contributed by atoms with E-state index in [0.29, 0.717) is 0 Å². The van der Waals surface area contributed by atoms with Gasteiger partial charge in [0.2, 0.25) is 0 Å². The summed E-state index contributed by atoms with van der Waals surface area (Å²) < 4.78 is 10.7. The van der Waals surface area contributed by atoms with Crippen LogP contribution in [0.1, 0.15) is 24.1 Å². The van der Waals surface area contributed by atoms with Gasteiger partial charge in [0.1, 0.15) is 0 Å². The van der Waals surface area contributed by atoms with E-state index in [2.05, 4.69) is 35.1 Å². The second-order valence-electron chi connectivity index (χ2n) is 4.16. The molecule has 1 unspecified atom stereocenters. The van der Waals surface area contributed by atoms with Gasteiger partial charge in [-0.25, -0.2) is 0 Å². The largest absolute Gasteiger partial charge is 0.493 e. The van der Waals surface area contributed by atoms with Crippen LogP contribution < -0.4 is 14.8 Å². The van der Waals surface area contributed by atoms with Gasteiger partial charge in [0.15, 0.2) is 11.5 Å². The van der Waals surface area contributed by atoms with Gasteiger partial charge in [-0.15, -0.1) is 0 Å². The summed E-state index contributed by atoms with van der Waals surface area (Å²) in [5.74, 6) is 1.52. The minimum atomic E-state index is 0.191. The lowest BCUT2D eigenvalue weighted by atomic mass is 10.0. The summed E-state index contributed by atoms with van der Waals surface area (Å²) >= 11 is 1.71. The summed E-state index contributed by atoms with van der Waals surface area (Å²) in [5, 5.41) is 7.77. The van der Waals surface area contributed by atoms with E-state index >= 15 is 0 Å². The van der Waals surface area contributed by atoms with E-state index in [9.17, 15) is 0 Å². The lowest BCUT2D eigenvalue weighted by Gasteiger charge is -2.19. The smallest absolute Gasteiger partial charge is 0.161 e. The summed E-state index contributed by atoms with van der Waals surface area (Å²) in [6, 6.07) is 8.39. The maximum Gasteiger partial charge on any atom is 0.161 e. The van der Waals surface area contributed by atoms with Gasteiger partial charge in [-0.1, -0.05) is 13.0 Å². The zero-order valence-electron chi connectivity index (χ0n) is 11.5. The SMILES string of the molecule is CCNC(c1ccsc1)c1ccc(OC)c(OC)c1. The first-order valence-corrected chi connectivity index (χ1v) is 7.21. The zero-order chi connectivity index (χ0) is 13.7. The second-order valence-corrected chi connectivity index (χ2v) is 4.94. The molecule has 1 aromatic heterocycles. The molecule has 2 aromatic rings. The first kappa shape index (κ1) is 13.9. The van der Waals surface area contributed by atoms with E-state index < -0.39 is 0 Å².